The molecule has 0 aliphatic rings. The summed E-state index contributed by atoms with van der Waals surface area (Å²) in [5.74, 6) is -1.56. The molecule has 2 aromatic carbocycles. The van der Waals surface area contributed by atoms with E-state index in [1.54, 1.807) is 0 Å². The van der Waals surface area contributed by atoms with Gasteiger partial charge in [-0.15, -0.1) is 0 Å². The number of rotatable bonds is 6. The van der Waals surface area contributed by atoms with Gasteiger partial charge in [0.1, 0.15) is 0 Å². The average Bonchev–Trinajstić information content (AvgIpc) is 2.67. The number of H-pyrrole nitrogens is 1. The lowest BCUT2D eigenvalue weighted by Crippen LogP contribution is -2.22. The molecule has 0 spiro atoms. The summed E-state index contributed by atoms with van der Waals surface area (Å²) in [6.45, 7) is 0. The molecule has 3 aromatic rings. The minimum absolute atomic E-state index is 0.0295. The van der Waals surface area contributed by atoms with Crippen LogP contribution in [-0.4, -0.2) is 27.6 Å². The summed E-state index contributed by atoms with van der Waals surface area (Å²) in [7, 11) is 0. The quantitative estimate of drug-likeness (QED) is 0.495. The lowest BCUT2D eigenvalue weighted by atomic mass is 10.1. The first-order chi connectivity index (χ1) is 13.0. The summed E-state index contributed by atoms with van der Waals surface area (Å²) in [5, 5.41) is 13.7. The Bertz CT molecular complexity index is 1020. The Labute approximate surface area is 158 Å². The van der Waals surface area contributed by atoms with Crippen molar-refractivity contribution in [2.45, 2.75) is 5.16 Å². The molecular formula is C19H14N3O4S-. The van der Waals surface area contributed by atoms with Crippen molar-refractivity contribution in [2.24, 2.45) is 0 Å². The number of aromatic carboxylic acids is 1. The van der Waals surface area contributed by atoms with Crippen LogP contribution in [0.5, 0.6) is 0 Å². The van der Waals surface area contributed by atoms with Crippen molar-refractivity contribution in [3.05, 3.63) is 76.6 Å². The van der Waals surface area contributed by atoms with Crippen LogP contribution in [0.4, 0.5) is 5.69 Å². The minimum Gasteiger partial charge on any atom is -0.545 e. The van der Waals surface area contributed by atoms with Gasteiger partial charge in [-0.05, 0) is 17.7 Å². The van der Waals surface area contributed by atoms with Crippen molar-refractivity contribution in [1.82, 2.24) is 9.97 Å². The SMILES string of the molecule is O=C(CSc1nc(-c2ccccc2)cc(=O)[nH]1)Nc1ccc(C(=O)[O-])cc1. The van der Waals surface area contributed by atoms with Crippen LogP contribution in [-0.2, 0) is 4.79 Å². The molecule has 0 saturated carbocycles. The Kier molecular flexibility index (Phi) is 5.68. The molecule has 3 rings (SSSR count). The molecule has 0 aliphatic carbocycles. The van der Waals surface area contributed by atoms with Crippen LogP contribution in [0.25, 0.3) is 11.3 Å². The minimum atomic E-state index is -1.28. The number of carboxylic acids is 1. The van der Waals surface area contributed by atoms with Crippen molar-refractivity contribution in [3.63, 3.8) is 0 Å². The number of amides is 1. The van der Waals surface area contributed by atoms with Crippen LogP contribution < -0.4 is 16.0 Å². The number of hydrogen-bond donors (Lipinski definition) is 2. The van der Waals surface area contributed by atoms with Crippen molar-refractivity contribution in [3.8, 4) is 11.3 Å². The normalized spacial score (nSPS) is 10.4. The molecule has 8 heteroatoms. The molecule has 1 amide bonds. The van der Waals surface area contributed by atoms with Crippen LogP contribution in [0.3, 0.4) is 0 Å². The first-order valence-electron chi connectivity index (χ1n) is 7.92. The third kappa shape index (κ3) is 5.05. The van der Waals surface area contributed by atoms with E-state index in [9.17, 15) is 19.5 Å². The van der Waals surface area contributed by atoms with Gasteiger partial charge in [0.25, 0.3) is 5.56 Å². The maximum Gasteiger partial charge on any atom is 0.252 e. The van der Waals surface area contributed by atoms with Crippen molar-refractivity contribution >= 4 is 29.3 Å². The van der Waals surface area contributed by atoms with Gasteiger partial charge in [0.15, 0.2) is 5.16 Å². The van der Waals surface area contributed by atoms with Crippen molar-refractivity contribution in [2.75, 3.05) is 11.1 Å². The molecule has 0 saturated heterocycles. The Morgan fingerprint density at radius 3 is 2.44 bits per heavy atom. The number of nitrogens with one attached hydrogen (secondary N) is 2. The van der Waals surface area contributed by atoms with Crippen LogP contribution in [0, 0.1) is 0 Å². The third-order valence-electron chi connectivity index (χ3n) is 3.53. The van der Waals surface area contributed by atoms with Gasteiger partial charge in [-0.1, -0.05) is 54.2 Å². The fourth-order valence-electron chi connectivity index (χ4n) is 2.28. The van der Waals surface area contributed by atoms with E-state index in [4.69, 9.17) is 0 Å². The molecule has 27 heavy (non-hydrogen) atoms. The zero-order chi connectivity index (χ0) is 19.2. The number of aromatic nitrogens is 2. The monoisotopic (exact) mass is 380 g/mol. The van der Waals surface area contributed by atoms with Gasteiger partial charge in [-0.3, -0.25) is 9.59 Å². The second-order valence-electron chi connectivity index (χ2n) is 5.50. The summed E-state index contributed by atoms with van der Waals surface area (Å²) in [6, 6.07) is 16.3. The number of carbonyl (C=O) groups is 2. The molecule has 7 nitrogen and oxygen atoms in total. The van der Waals surface area contributed by atoms with E-state index < -0.39 is 5.97 Å². The summed E-state index contributed by atoms with van der Waals surface area (Å²) >= 11 is 1.10. The van der Waals surface area contributed by atoms with E-state index in [2.05, 4.69) is 15.3 Å². The zero-order valence-corrected chi connectivity index (χ0v) is 14.8. The van der Waals surface area contributed by atoms with Crippen LogP contribution >= 0.6 is 11.8 Å². The van der Waals surface area contributed by atoms with Crippen LogP contribution in [0.15, 0.2) is 70.6 Å². The standard InChI is InChI=1S/C19H15N3O4S/c23-16-10-15(12-4-2-1-3-5-12)21-19(22-16)27-11-17(24)20-14-8-6-13(7-9-14)18(25)26/h1-10H,11H2,(H,20,24)(H,25,26)(H,21,22,23)/p-1. The van der Waals surface area contributed by atoms with E-state index in [0.717, 1.165) is 17.3 Å². The van der Waals surface area contributed by atoms with E-state index in [1.165, 1.54) is 30.3 Å². The molecule has 2 N–H and O–H groups in total. The molecule has 136 valence electrons. The molecule has 0 aliphatic heterocycles. The van der Waals surface area contributed by atoms with E-state index in [-0.39, 0.29) is 22.8 Å². The molecule has 0 atom stereocenters. The molecule has 0 fully saturated rings. The number of anilines is 1. The lowest BCUT2D eigenvalue weighted by Gasteiger charge is -2.07. The van der Waals surface area contributed by atoms with Crippen molar-refractivity contribution < 1.29 is 14.7 Å². The van der Waals surface area contributed by atoms with Crippen LogP contribution in [0.1, 0.15) is 10.4 Å². The Hall–Kier alpha value is -3.39. The predicted octanol–water partition coefficient (Wildman–Crippen LogP) is 1.53. The van der Waals surface area contributed by atoms with Gasteiger partial charge in [-0.2, -0.15) is 0 Å². The maximum atomic E-state index is 12.1. The molecule has 0 bridgehead atoms. The van der Waals surface area contributed by atoms with Crippen molar-refractivity contribution in [1.29, 1.82) is 0 Å². The van der Waals surface area contributed by atoms with Gasteiger partial charge >= 0.3 is 0 Å². The molecule has 1 heterocycles. The first kappa shape index (κ1) is 18.4. The highest BCUT2D eigenvalue weighted by Crippen LogP contribution is 2.19. The first-order valence-corrected chi connectivity index (χ1v) is 8.91. The molecule has 0 radical (unpaired) electrons. The highest BCUT2D eigenvalue weighted by atomic mass is 32.2. The Balaban J connectivity index is 1.64. The smallest absolute Gasteiger partial charge is 0.252 e. The average molecular weight is 380 g/mol. The van der Waals surface area contributed by atoms with E-state index in [0.29, 0.717) is 16.5 Å². The van der Waals surface area contributed by atoms with Gasteiger partial charge in [-0.25, -0.2) is 4.98 Å². The number of benzene rings is 2. The largest absolute Gasteiger partial charge is 0.545 e. The highest BCUT2D eigenvalue weighted by Gasteiger charge is 2.08. The van der Waals surface area contributed by atoms with Crippen LogP contribution in [0.2, 0.25) is 0 Å². The number of hydrogen-bond acceptors (Lipinski definition) is 6. The van der Waals surface area contributed by atoms with E-state index >= 15 is 0 Å². The number of carboxylic acid groups (broad SMARTS) is 1. The maximum absolute atomic E-state index is 12.1. The van der Waals surface area contributed by atoms with E-state index in [1.807, 2.05) is 30.3 Å². The molecule has 0 unspecified atom stereocenters. The van der Waals surface area contributed by atoms with Gasteiger partial charge in [0.05, 0.1) is 17.4 Å². The fraction of sp³-hybridized carbons (Fsp3) is 0.0526. The summed E-state index contributed by atoms with van der Waals surface area (Å²) in [5.41, 5.74) is 1.53. The second kappa shape index (κ2) is 8.33. The fourth-order valence-corrected chi connectivity index (χ4v) is 2.96. The summed E-state index contributed by atoms with van der Waals surface area (Å²) in [6.07, 6.45) is 0. The number of thioether (sulfide) groups is 1. The second-order valence-corrected chi connectivity index (χ2v) is 6.47. The Morgan fingerprint density at radius 2 is 1.78 bits per heavy atom. The summed E-state index contributed by atoms with van der Waals surface area (Å²) < 4.78 is 0. The molecule has 1 aromatic heterocycles. The highest BCUT2D eigenvalue weighted by molar-refractivity contribution is 7.99. The molecular weight excluding hydrogens is 366 g/mol. The Morgan fingerprint density at radius 1 is 1.07 bits per heavy atom. The number of aromatic amines is 1. The number of nitrogens with zero attached hydrogens (tertiary/aromatic N) is 1. The van der Waals surface area contributed by atoms with Gasteiger partial charge < -0.3 is 20.2 Å². The summed E-state index contributed by atoms with van der Waals surface area (Å²) in [4.78, 5) is 41.6. The van der Waals surface area contributed by atoms with Gasteiger partial charge in [0.2, 0.25) is 5.91 Å². The number of carbonyl (C=O) groups excluding carboxylic acids is 2. The third-order valence-corrected chi connectivity index (χ3v) is 4.41. The lowest BCUT2D eigenvalue weighted by molar-refractivity contribution is -0.255. The van der Waals surface area contributed by atoms with Gasteiger partial charge in [0, 0.05) is 17.3 Å². The zero-order valence-electron chi connectivity index (χ0n) is 14.0. The predicted molar refractivity (Wildman–Crippen MR) is 100 cm³/mol. The topological polar surface area (TPSA) is 115 Å².